The average Bonchev–Trinajstić information content (AvgIpc) is 3.00. The van der Waals surface area contributed by atoms with Crippen LogP contribution >= 0.6 is 0 Å². The molecule has 1 saturated carbocycles. The standard InChI is InChI=1S/C16H23NO3/c1-12(13-5-3-4-6-13)17-14-7-9-15(10-8-14)20-11-16(18)19-2/h7-10,12-13,17H,3-6,11H2,1-2H3. The van der Waals surface area contributed by atoms with Gasteiger partial charge < -0.3 is 14.8 Å². The van der Waals surface area contributed by atoms with E-state index in [4.69, 9.17) is 4.74 Å². The molecule has 1 unspecified atom stereocenters. The Morgan fingerprint density at radius 3 is 2.55 bits per heavy atom. The molecule has 0 amide bonds. The van der Waals surface area contributed by atoms with E-state index in [0.717, 1.165) is 11.6 Å². The monoisotopic (exact) mass is 277 g/mol. The summed E-state index contributed by atoms with van der Waals surface area (Å²) in [6.45, 7) is 2.19. The molecule has 1 N–H and O–H groups in total. The molecule has 0 saturated heterocycles. The van der Waals surface area contributed by atoms with Crippen molar-refractivity contribution in [3.8, 4) is 5.75 Å². The first-order chi connectivity index (χ1) is 9.69. The molecule has 20 heavy (non-hydrogen) atoms. The van der Waals surface area contributed by atoms with Crippen molar-refractivity contribution < 1.29 is 14.3 Å². The Balaban J connectivity index is 1.83. The second kappa shape index (κ2) is 7.17. The summed E-state index contributed by atoms with van der Waals surface area (Å²) in [4.78, 5) is 11.0. The Labute approximate surface area is 120 Å². The molecule has 0 aliphatic heterocycles. The van der Waals surface area contributed by atoms with Crippen LogP contribution in [0.3, 0.4) is 0 Å². The Bertz CT molecular complexity index is 424. The lowest BCUT2D eigenvalue weighted by Crippen LogP contribution is -2.23. The molecule has 4 nitrogen and oxygen atoms in total. The minimum Gasteiger partial charge on any atom is -0.482 e. The maximum Gasteiger partial charge on any atom is 0.343 e. The van der Waals surface area contributed by atoms with Gasteiger partial charge in [0.2, 0.25) is 0 Å². The minimum atomic E-state index is -0.373. The summed E-state index contributed by atoms with van der Waals surface area (Å²) < 4.78 is 9.85. The van der Waals surface area contributed by atoms with Crippen molar-refractivity contribution >= 4 is 11.7 Å². The van der Waals surface area contributed by atoms with E-state index >= 15 is 0 Å². The number of methoxy groups -OCH3 is 1. The predicted octanol–water partition coefficient (Wildman–Crippen LogP) is 3.23. The molecule has 0 spiro atoms. The van der Waals surface area contributed by atoms with Gasteiger partial charge in [-0.15, -0.1) is 0 Å². The number of esters is 1. The molecule has 4 heteroatoms. The van der Waals surface area contributed by atoms with E-state index in [1.807, 2.05) is 24.3 Å². The molecule has 1 aliphatic carbocycles. The molecule has 2 rings (SSSR count). The van der Waals surface area contributed by atoms with Crippen LogP contribution in [0.5, 0.6) is 5.75 Å². The Morgan fingerprint density at radius 1 is 1.30 bits per heavy atom. The Hall–Kier alpha value is -1.71. The molecule has 0 bridgehead atoms. The summed E-state index contributed by atoms with van der Waals surface area (Å²) in [5, 5.41) is 3.54. The smallest absolute Gasteiger partial charge is 0.343 e. The fraction of sp³-hybridized carbons (Fsp3) is 0.562. The first-order valence-corrected chi connectivity index (χ1v) is 7.25. The van der Waals surface area contributed by atoms with Gasteiger partial charge in [0.1, 0.15) is 5.75 Å². The van der Waals surface area contributed by atoms with E-state index in [1.165, 1.54) is 32.8 Å². The quantitative estimate of drug-likeness (QED) is 0.811. The van der Waals surface area contributed by atoms with Gasteiger partial charge in [0.25, 0.3) is 0 Å². The number of carbonyl (C=O) groups is 1. The normalized spacial score (nSPS) is 16.7. The second-order valence-electron chi connectivity index (χ2n) is 5.37. The van der Waals surface area contributed by atoms with Crippen molar-refractivity contribution in [1.82, 2.24) is 0 Å². The summed E-state index contributed by atoms with van der Waals surface area (Å²) in [6.07, 6.45) is 5.37. The van der Waals surface area contributed by atoms with Crippen LogP contribution in [0.4, 0.5) is 5.69 Å². The predicted molar refractivity (Wildman–Crippen MR) is 79.0 cm³/mol. The molecule has 110 valence electrons. The van der Waals surface area contributed by atoms with E-state index in [-0.39, 0.29) is 12.6 Å². The van der Waals surface area contributed by atoms with Crippen LogP contribution in [0.25, 0.3) is 0 Å². The van der Waals surface area contributed by atoms with Gasteiger partial charge in [-0.05, 0) is 49.9 Å². The highest BCUT2D eigenvalue weighted by Crippen LogP contribution is 2.29. The lowest BCUT2D eigenvalue weighted by molar-refractivity contribution is -0.142. The summed E-state index contributed by atoms with van der Waals surface area (Å²) >= 11 is 0. The van der Waals surface area contributed by atoms with Gasteiger partial charge in [-0.3, -0.25) is 0 Å². The van der Waals surface area contributed by atoms with Crippen molar-refractivity contribution in [2.45, 2.75) is 38.6 Å². The molecule has 1 aromatic rings. The van der Waals surface area contributed by atoms with Gasteiger partial charge >= 0.3 is 5.97 Å². The third-order valence-electron chi connectivity index (χ3n) is 3.94. The molecule has 0 radical (unpaired) electrons. The number of hydrogen-bond donors (Lipinski definition) is 1. The van der Waals surface area contributed by atoms with Crippen LogP contribution in [0.1, 0.15) is 32.6 Å². The summed E-state index contributed by atoms with van der Waals surface area (Å²) in [5.74, 6) is 1.08. The first-order valence-electron chi connectivity index (χ1n) is 7.25. The van der Waals surface area contributed by atoms with E-state index in [1.54, 1.807) is 0 Å². The second-order valence-corrected chi connectivity index (χ2v) is 5.37. The number of carbonyl (C=O) groups excluding carboxylic acids is 1. The molecule has 1 fully saturated rings. The Kier molecular flexibility index (Phi) is 5.27. The zero-order valence-corrected chi connectivity index (χ0v) is 12.2. The van der Waals surface area contributed by atoms with Crippen molar-refractivity contribution in [2.24, 2.45) is 5.92 Å². The maximum absolute atomic E-state index is 11.0. The zero-order chi connectivity index (χ0) is 14.4. The highest BCUT2D eigenvalue weighted by molar-refractivity contribution is 5.70. The summed E-state index contributed by atoms with van der Waals surface area (Å²) in [7, 11) is 1.35. The lowest BCUT2D eigenvalue weighted by Gasteiger charge is -2.21. The number of anilines is 1. The molecule has 0 aromatic heterocycles. The first kappa shape index (κ1) is 14.7. The Morgan fingerprint density at radius 2 is 1.95 bits per heavy atom. The number of nitrogens with one attached hydrogen (secondary N) is 1. The molecule has 1 atom stereocenters. The van der Waals surface area contributed by atoms with Gasteiger partial charge in [0.05, 0.1) is 7.11 Å². The minimum absolute atomic E-state index is 0.0538. The maximum atomic E-state index is 11.0. The molecule has 0 heterocycles. The van der Waals surface area contributed by atoms with Gasteiger partial charge in [-0.2, -0.15) is 0 Å². The number of hydrogen-bond acceptors (Lipinski definition) is 4. The number of rotatable bonds is 6. The zero-order valence-electron chi connectivity index (χ0n) is 12.2. The SMILES string of the molecule is COC(=O)COc1ccc(NC(C)C2CCCC2)cc1. The summed E-state index contributed by atoms with van der Waals surface area (Å²) in [6, 6.07) is 8.20. The van der Waals surface area contributed by atoms with Crippen molar-refractivity contribution in [1.29, 1.82) is 0 Å². The van der Waals surface area contributed by atoms with Crippen LogP contribution in [-0.4, -0.2) is 25.7 Å². The topological polar surface area (TPSA) is 47.6 Å². The van der Waals surface area contributed by atoms with E-state index in [2.05, 4.69) is 17.0 Å². The van der Waals surface area contributed by atoms with E-state index < -0.39 is 0 Å². The van der Waals surface area contributed by atoms with Crippen LogP contribution in [-0.2, 0) is 9.53 Å². The van der Waals surface area contributed by atoms with Crippen LogP contribution < -0.4 is 10.1 Å². The largest absolute Gasteiger partial charge is 0.482 e. The fourth-order valence-electron chi connectivity index (χ4n) is 2.69. The molecular weight excluding hydrogens is 254 g/mol. The van der Waals surface area contributed by atoms with Crippen molar-refractivity contribution in [3.05, 3.63) is 24.3 Å². The van der Waals surface area contributed by atoms with Crippen molar-refractivity contribution in [3.63, 3.8) is 0 Å². The number of ether oxygens (including phenoxy) is 2. The third kappa shape index (κ3) is 4.15. The van der Waals surface area contributed by atoms with E-state index in [0.29, 0.717) is 11.8 Å². The average molecular weight is 277 g/mol. The molecular formula is C16H23NO3. The van der Waals surface area contributed by atoms with Gasteiger partial charge in [0, 0.05) is 11.7 Å². The van der Waals surface area contributed by atoms with E-state index in [9.17, 15) is 4.79 Å². The fourth-order valence-corrected chi connectivity index (χ4v) is 2.69. The van der Waals surface area contributed by atoms with Crippen LogP contribution in [0.2, 0.25) is 0 Å². The van der Waals surface area contributed by atoms with Crippen molar-refractivity contribution in [2.75, 3.05) is 19.0 Å². The van der Waals surface area contributed by atoms with Crippen LogP contribution in [0.15, 0.2) is 24.3 Å². The van der Waals surface area contributed by atoms with Crippen LogP contribution in [0, 0.1) is 5.92 Å². The van der Waals surface area contributed by atoms with Gasteiger partial charge in [-0.1, -0.05) is 12.8 Å². The summed E-state index contributed by atoms with van der Waals surface area (Å²) in [5.41, 5.74) is 1.09. The molecule has 1 aliphatic rings. The number of benzene rings is 1. The van der Waals surface area contributed by atoms with Gasteiger partial charge in [-0.25, -0.2) is 4.79 Å². The highest BCUT2D eigenvalue weighted by atomic mass is 16.6. The molecule has 1 aromatic carbocycles. The van der Waals surface area contributed by atoms with Gasteiger partial charge in [0.15, 0.2) is 6.61 Å². The lowest BCUT2D eigenvalue weighted by atomic mass is 9.99. The third-order valence-corrected chi connectivity index (χ3v) is 3.94. The highest BCUT2D eigenvalue weighted by Gasteiger charge is 2.21.